The SMILES string of the molecule is C=C[Si](OCC)(OCC)OCC.CC(C)(C)O.CC1CC2C(C(C)CC3(C)CCCCC23)C(C)C1C.CC1CC2C(C(C)CC3(C)CCCCC23)C(C)C1C.CC1CC2C(C(C)CC3(C)CCCCC23)C(C)C1C.CCO[Si](CCC12CC(C)C(C)C(C)C1C(C)CC1(C)CCCCC12)(OCC)OCC.CCO[Si](CCC12CC(C)C(C)C(C)C1C(C)CC1(C)CCCCC12)(OCC)OCC. The minimum atomic E-state index is -2.62. The third-order valence-corrected chi connectivity index (χ3v) is 53.6. The van der Waals surface area contributed by atoms with Crippen LogP contribution in [0.1, 0.15) is 462 Å². The van der Waals surface area contributed by atoms with Crippen LogP contribution in [0, 0.1) is 233 Å². The van der Waals surface area contributed by atoms with Crippen LogP contribution in [0.5, 0.6) is 0 Å². The van der Waals surface area contributed by atoms with E-state index in [-0.39, 0.29) is 0 Å². The van der Waals surface area contributed by atoms with E-state index in [1.165, 1.54) is 205 Å². The van der Waals surface area contributed by atoms with Crippen molar-refractivity contribution < 1.29 is 44.9 Å². The van der Waals surface area contributed by atoms with Crippen molar-refractivity contribution in [3.63, 3.8) is 0 Å². The van der Waals surface area contributed by atoms with Gasteiger partial charge in [0.1, 0.15) is 0 Å². The van der Waals surface area contributed by atoms with E-state index in [9.17, 15) is 0 Å². The molecule has 0 bridgehead atoms. The number of hydrogen-bond acceptors (Lipinski definition) is 10. The first-order chi connectivity index (χ1) is 63.9. The van der Waals surface area contributed by atoms with Gasteiger partial charge in [-0.25, -0.2) is 0 Å². The van der Waals surface area contributed by atoms with Crippen LogP contribution < -0.4 is 0 Å². The van der Waals surface area contributed by atoms with E-state index in [1.54, 1.807) is 26.5 Å². The summed E-state index contributed by atoms with van der Waals surface area (Å²) in [4.78, 5) is 0. The van der Waals surface area contributed by atoms with Crippen LogP contribution in [-0.2, 0) is 39.8 Å². The lowest BCUT2D eigenvalue weighted by Gasteiger charge is -2.67. The van der Waals surface area contributed by atoms with Crippen molar-refractivity contribution in [2.45, 2.75) is 479 Å². The highest BCUT2D eigenvalue weighted by Gasteiger charge is 2.67. The molecule has 15 aliphatic rings. The second-order valence-corrected chi connectivity index (χ2v) is 62.4. The lowest BCUT2D eigenvalue weighted by atomic mass is 9.38. The van der Waals surface area contributed by atoms with Crippen LogP contribution >= 0.6 is 0 Å². The molecule has 15 rings (SSSR count). The summed E-state index contributed by atoms with van der Waals surface area (Å²) in [7, 11) is -7.76. The van der Waals surface area contributed by atoms with Crippen LogP contribution in [0.2, 0.25) is 12.1 Å². The summed E-state index contributed by atoms with van der Waals surface area (Å²) >= 11 is 0. The molecule has 0 aromatic carbocycles. The van der Waals surface area contributed by atoms with Crippen molar-refractivity contribution in [1.29, 1.82) is 0 Å². The van der Waals surface area contributed by atoms with Gasteiger partial charge in [-0.05, 0) is 463 Å². The Morgan fingerprint density at radius 3 is 0.757 bits per heavy atom. The zero-order valence-corrected chi connectivity index (χ0v) is 100. The van der Waals surface area contributed by atoms with Crippen molar-refractivity contribution >= 4 is 26.4 Å². The molecule has 1 N–H and O–H groups in total. The second-order valence-electron chi connectivity index (χ2n) is 54.4. The predicted octanol–water partition coefficient (Wildman–Crippen LogP) is 35.0. The van der Waals surface area contributed by atoms with Crippen LogP contribution in [0.4, 0.5) is 0 Å². The molecule has 15 aliphatic carbocycles. The standard InChI is InChI=1S/2C27H52O3Si.3C19H34.C8H18O3Si.C4H10O/c2*1-9-28-31(29-10-2,30-11-3)17-16-27-19-20(4)22(6)23(7)25(27)21(5)18-26(8)15-13-12-14-24(26)27;3*1-12-10-16-17-8-6-7-9-19(17,5)11-13(2)18(16)15(4)14(12)3;1-5-9-12(8-4,10-6-2)11-7-3;1-4(2,3)5/h2*20-25H,9-19H2,1-8H3;3*12-18H,6-11H2,1-5H3;8H,4-7H2,1-3H3;5H,1-3H3. The van der Waals surface area contributed by atoms with Gasteiger partial charge in [-0.3, -0.25) is 0 Å². The molecule has 136 heavy (non-hydrogen) atoms. The maximum Gasteiger partial charge on any atom is 0.528 e. The first-order valence-corrected chi connectivity index (χ1v) is 65.7. The minimum Gasteiger partial charge on any atom is -0.391 e. The van der Waals surface area contributed by atoms with Crippen molar-refractivity contribution in [2.24, 2.45) is 233 Å². The van der Waals surface area contributed by atoms with Gasteiger partial charge in [-0.15, -0.1) is 0 Å². The van der Waals surface area contributed by atoms with Crippen LogP contribution in [-0.4, -0.2) is 96.6 Å². The Labute approximate surface area is 850 Å². The van der Waals surface area contributed by atoms with Gasteiger partial charge < -0.3 is 44.9 Å². The summed E-state index contributed by atoms with van der Waals surface area (Å²) in [6.45, 7) is 97.4. The maximum atomic E-state index is 8.52. The average molecular weight is 1960 g/mol. The number of fused-ring (bicyclic) bond motifs is 15. The smallest absolute Gasteiger partial charge is 0.391 e. The Kier molecular flexibility index (Phi) is 44.8. The highest BCUT2D eigenvalue weighted by molar-refractivity contribution is 6.66. The molecule has 0 aromatic heterocycles. The lowest BCUT2D eigenvalue weighted by Crippen LogP contribution is -2.61. The van der Waals surface area contributed by atoms with Gasteiger partial charge in [0.15, 0.2) is 0 Å². The highest BCUT2D eigenvalue weighted by atomic mass is 28.4. The van der Waals surface area contributed by atoms with E-state index in [4.69, 9.17) is 44.9 Å². The molecule has 40 unspecified atom stereocenters. The molecule has 40 atom stereocenters. The molecule has 0 aromatic rings. The molecule has 0 saturated heterocycles. The fraction of sp³-hybridized carbons (Fsp3) is 0.984. The van der Waals surface area contributed by atoms with E-state index in [0.717, 1.165) is 207 Å². The van der Waals surface area contributed by atoms with Crippen molar-refractivity contribution in [2.75, 3.05) is 59.5 Å². The van der Waals surface area contributed by atoms with Crippen molar-refractivity contribution in [1.82, 2.24) is 0 Å². The van der Waals surface area contributed by atoms with E-state index in [1.807, 2.05) is 20.8 Å². The van der Waals surface area contributed by atoms with E-state index in [2.05, 4.69) is 221 Å². The van der Waals surface area contributed by atoms with Crippen LogP contribution in [0.3, 0.4) is 0 Å². The monoisotopic (exact) mass is 1960 g/mol. The highest BCUT2D eigenvalue weighted by Crippen LogP contribution is 2.74. The summed E-state index contributed by atoms with van der Waals surface area (Å²) in [5.74, 6) is 30.7. The number of aliphatic hydroxyl groups is 1. The fourth-order valence-electron chi connectivity index (χ4n) is 39.2. The van der Waals surface area contributed by atoms with Gasteiger partial charge in [0.05, 0.1) is 5.60 Å². The van der Waals surface area contributed by atoms with Gasteiger partial charge in [0.2, 0.25) is 0 Å². The maximum absolute atomic E-state index is 8.52. The molecule has 0 spiro atoms. The molecule has 0 amide bonds. The van der Waals surface area contributed by atoms with Crippen molar-refractivity contribution in [3.05, 3.63) is 12.3 Å². The molecule has 798 valence electrons. The summed E-state index contributed by atoms with van der Waals surface area (Å²) in [5, 5.41) is 8.52. The number of hydrogen-bond donors (Lipinski definition) is 1. The molecular formula is C123H234O10Si3. The Bertz CT molecular complexity index is 3150. The molecule has 15 fully saturated rings. The average Bonchev–Trinajstić information content (AvgIpc) is 0.703. The Hall–Kier alpha value is -0.00935. The topological polar surface area (TPSA) is 103 Å². The molecule has 10 nitrogen and oxygen atoms in total. The third kappa shape index (κ3) is 26.7. The summed E-state index contributed by atoms with van der Waals surface area (Å²) < 4.78 is 54.3. The predicted molar refractivity (Wildman–Crippen MR) is 585 cm³/mol. The number of rotatable bonds is 25. The van der Waals surface area contributed by atoms with E-state index in [0.29, 0.717) is 97.4 Å². The normalized spacial score (nSPS) is 45.6. The summed E-state index contributed by atoms with van der Waals surface area (Å²) in [5.41, 5.74) is 5.12. The van der Waals surface area contributed by atoms with Gasteiger partial charge in [0.25, 0.3) is 0 Å². The van der Waals surface area contributed by atoms with E-state index >= 15 is 0 Å². The Morgan fingerprint density at radius 2 is 0.515 bits per heavy atom. The molecular weight excluding hydrogens is 1720 g/mol. The second kappa shape index (κ2) is 51.0. The van der Waals surface area contributed by atoms with Crippen molar-refractivity contribution in [3.8, 4) is 0 Å². The molecule has 13 heteroatoms. The molecule has 0 radical (unpaired) electrons. The first-order valence-electron chi connectivity index (χ1n) is 60.0. The van der Waals surface area contributed by atoms with Crippen LogP contribution in [0.15, 0.2) is 12.3 Å². The van der Waals surface area contributed by atoms with Crippen LogP contribution in [0.25, 0.3) is 0 Å². The fourth-order valence-corrected chi connectivity index (χ4v) is 46.5. The van der Waals surface area contributed by atoms with Gasteiger partial charge >= 0.3 is 26.4 Å². The molecule has 15 saturated carbocycles. The summed E-state index contributed by atoms with van der Waals surface area (Å²) in [6, 6.07) is 1.98. The quantitative estimate of drug-likeness (QED) is 0.0889. The Morgan fingerprint density at radius 1 is 0.287 bits per heavy atom. The van der Waals surface area contributed by atoms with Gasteiger partial charge in [0, 0.05) is 71.6 Å². The zero-order chi connectivity index (χ0) is 101. The summed E-state index contributed by atoms with van der Waals surface area (Å²) in [6.07, 6.45) is 46.9. The Balaban J connectivity index is 0.000000185. The molecule has 0 aliphatic heterocycles. The largest absolute Gasteiger partial charge is 0.528 e. The van der Waals surface area contributed by atoms with Gasteiger partial charge in [-0.1, -0.05) is 244 Å². The first kappa shape index (κ1) is 120. The van der Waals surface area contributed by atoms with Gasteiger partial charge in [-0.2, -0.15) is 0 Å². The zero-order valence-electron chi connectivity index (χ0n) is 97.4. The van der Waals surface area contributed by atoms with E-state index < -0.39 is 32.0 Å². The molecule has 0 heterocycles. The minimum absolute atomic E-state index is 0.418. The lowest BCUT2D eigenvalue weighted by molar-refractivity contribution is -0.180. The third-order valence-electron chi connectivity index (χ3n) is 45.0.